The summed E-state index contributed by atoms with van der Waals surface area (Å²) in [7, 11) is 0. The van der Waals surface area contributed by atoms with Gasteiger partial charge in [0.05, 0.1) is 12.7 Å². The highest BCUT2D eigenvalue weighted by Crippen LogP contribution is 2.37. The minimum atomic E-state index is -0.540. The van der Waals surface area contributed by atoms with Crippen LogP contribution in [0.3, 0.4) is 0 Å². The summed E-state index contributed by atoms with van der Waals surface area (Å²) in [4.78, 5) is 11.5. The summed E-state index contributed by atoms with van der Waals surface area (Å²) in [6.45, 7) is 4.30. The molecular formula is C12H19NO2. The van der Waals surface area contributed by atoms with Gasteiger partial charge in [0.15, 0.2) is 0 Å². The van der Waals surface area contributed by atoms with Crippen LogP contribution in [-0.2, 0) is 9.53 Å². The third-order valence-electron chi connectivity index (χ3n) is 3.31. The maximum absolute atomic E-state index is 11.5. The van der Waals surface area contributed by atoms with Crippen LogP contribution in [0.15, 0.2) is 0 Å². The van der Waals surface area contributed by atoms with Crippen LogP contribution in [0.1, 0.15) is 39.5 Å². The molecule has 15 heavy (non-hydrogen) atoms. The standard InChI is InChI=1S/C12H19NO2/c1-3-9-5-6-10(7-9)11(8-13)12(14)15-4-2/h9-11H,3-7H2,1-2H3. The van der Waals surface area contributed by atoms with Gasteiger partial charge in [-0.1, -0.05) is 19.8 Å². The second-order valence-electron chi connectivity index (χ2n) is 4.21. The average Bonchev–Trinajstić information content (AvgIpc) is 2.68. The molecule has 0 radical (unpaired) electrons. The first-order valence-corrected chi connectivity index (χ1v) is 5.79. The Morgan fingerprint density at radius 2 is 2.27 bits per heavy atom. The summed E-state index contributed by atoms with van der Waals surface area (Å²) in [6, 6.07) is 2.10. The molecule has 0 aromatic heterocycles. The van der Waals surface area contributed by atoms with E-state index in [1.807, 2.05) is 0 Å². The van der Waals surface area contributed by atoms with Crippen LogP contribution >= 0.6 is 0 Å². The van der Waals surface area contributed by atoms with Crippen molar-refractivity contribution in [3.8, 4) is 6.07 Å². The number of nitrogens with zero attached hydrogens (tertiary/aromatic N) is 1. The second-order valence-corrected chi connectivity index (χ2v) is 4.21. The summed E-state index contributed by atoms with van der Waals surface area (Å²) in [6.07, 6.45) is 4.30. The molecule has 1 saturated carbocycles. The van der Waals surface area contributed by atoms with Gasteiger partial charge in [-0.3, -0.25) is 4.79 Å². The predicted octanol–water partition coefficient (Wildman–Crippen LogP) is 2.52. The highest BCUT2D eigenvalue weighted by molar-refractivity contribution is 5.75. The van der Waals surface area contributed by atoms with Gasteiger partial charge in [-0.2, -0.15) is 5.26 Å². The zero-order valence-corrected chi connectivity index (χ0v) is 9.53. The van der Waals surface area contributed by atoms with Crippen LogP contribution in [-0.4, -0.2) is 12.6 Å². The van der Waals surface area contributed by atoms with Gasteiger partial charge in [0.2, 0.25) is 0 Å². The van der Waals surface area contributed by atoms with Gasteiger partial charge < -0.3 is 4.74 Å². The topological polar surface area (TPSA) is 50.1 Å². The Balaban J connectivity index is 2.53. The molecule has 0 saturated heterocycles. The lowest BCUT2D eigenvalue weighted by molar-refractivity contribution is -0.147. The lowest BCUT2D eigenvalue weighted by atomic mass is 9.91. The molecule has 0 amide bonds. The Kier molecular flexibility index (Phi) is 4.61. The van der Waals surface area contributed by atoms with Gasteiger partial charge in [0.25, 0.3) is 0 Å². The minimum Gasteiger partial charge on any atom is -0.465 e. The highest BCUT2D eigenvalue weighted by Gasteiger charge is 2.35. The molecule has 1 aliphatic rings. The number of hydrogen-bond donors (Lipinski definition) is 0. The third-order valence-corrected chi connectivity index (χ3v) is 3.31. The number of rotatable bonds is 4. The number of carbonyl (C=O) groups excluding carboxylic acids is 1. The smallest absolute Gasteiger partial charge is 0.323 e. The molecular weight excluding hydrogens is 190 g/mol. The van der Waals surface area contributed by atoms with E-state index in [2.05, 4.69) is 13.0 Å². The molecule has 0 spiro atoms. The summed E-state index contributed by atoms with van der Waals surface area (Å²) >= 11 is 0. The van der Waals surface area contributed by atoms with Gasteiger partial charge in [0, 0.05) is 0 Å². The van der Waals surface area contributed by atoms with Gasteiger partial charge in [0.1, 0.15) is 5.92 Å². The molecule has 1 fully saturated rings. The fourth-order valence-electron chi connectivity index (χ4n) is 2.37. The zero-order chi connectivity index (χ0) is 11.3. The highest BCUT2D eigenvalue weighted by atomic mass is 16.5. The molecule has 3 heteroatoms. The SMILES string of the molecule is CCOC(=O)C(C#N)C1CCC(CC)C1. The van der Waals surface area contributed by atoms with Crippen LogP contribution in [0.2, 0.25) is 0 Å². The van der Waals surface area contributed by atoms with Crippen molar-refractivity contribution in [3.05, 3.63) is 0 Å². The first-order chi connectivity index (χ1) is 7.22. The lowest BCUT2D eigenvalue weighted by Crippen LogP contribution is -2.23. The van der Waals surface area contributed by atoms with E-state index in [1.165, 1.54) is 0 Å². The molecule has 1 rings (SSSR count). The van der Waals surface area contributed by atoms with Gasteiger partial charge in [-0.05, 0) is 31.6 Å². The lowest BCUT2D eigenvalue weighted by Gasteiger charge is -2.15. The zero-order valence-electron chi connectivity index (χ0n) is 9.53. The first kappa shape index (κ1) is 12.0. The van der Waals surface area contributed by atoms with Crippen molar-refractivity contribution in [2.45, 2.75) is 39.5 Å². The van der Waals surface area contributed by atoms with Crippen molar-refractivity contribution in [1.29, 1.82) is 5.26 Å². The number of carbonyl (C=O) groups is 1. The summed E-state index contributed by atoms with van der Waals surface area (Å²) < 4.78 is 4.91. The molecule has 3 unspecified atom stereocenters. The van der Waals surface area contributed by atoms with Gasteiger partial charge in [-0.25, -0.2) is 0 Å². The van der Waals surface area contributed by atoms with Crippen molar-refractivity contribution in [2.24, 2.45) is 17.8 Å². The molecule has 0 N–H and O–H groups in total. The van der Waals surface area contributed by atoms with Crippen LogP contribution in [0.4, 0.5) is 0 Å². The van der Waals surface area contributed by atoms with E-state index in [1.54, 1.807) is 6.92 Å². The van der Waals surface area contributed by atoms with Crippen molar-refractivity contribution in [2.75, 3.05) is 6.61 Å². The number of hydrogen-bond acceptors (Lipinski definition) is 3. The molecule has 0 bridgehead atoms. The monoisotopic (exact) mass is 209 g/mol. The van der Waals surface area contributed by atoms with Crippen LogP contribution in [0, 0.1) is 29.1 Å². The first-order valence-electron chi connectivity index (χ1n) is 5.79. The summed E-state index contributed by atoms with van der Waals surface area (Å²) in [5.74, 6) is 0.0440. The Bertz CT molecular complexity index is 257. The summed E-state index contributed by atoms with van der Waals surface area (Å²) in [5.41, 5.74) is 0. The van der Waals surface area contributed by atoms with Crippen molar-refractivity contribution in [1.82, 2.24) is 0 Å². The average molecular weight is 209 g/mol. The van der Waals surface area contributed by atoms with Crippen LogP contribution in [0.5, 0.6) is 0 Å². The maximum atomic E-state index is 11.5. The molecule has 0 aromatic carbocycles. The molecule has 0 aliphatic heterocycles. The normalized spacial score (nSPS) is 27.0. The van der Waals surface area contributed by atoms with Crippen molar-refractivity contribution < 1.29 is 9.53 Å². The Labute approximate surface area is 91.4 Å². The van der Waals surface area contributed by atoms with E-state index in [0.29, 0.717) is 12.5 Å². The van der Waals surface area contributed by atoms with Crippen LogP contribution < -0.4 is 0 Å². The number of esters is 1. The molecule has 1 aliphatic carbocycles. The molecule has 84 valence electrons. The predicted molar refractivity (Wildman–Crippen MR) is 56.9 cm³/mol. The van der Waals surface area contributed by atoms with E-state index in [4.69, 9.17) is 10.00 Å². The van der Waals surface area contributed by atoms with Crippen molar-refractivity contribution >= 4 is 5.97 Å². The van der Waals surface area contributed by atoms with E-state index >= 15 is 0 Å². The summed E-state index contributed by atoms with van der Waals surface area (Å²) in [5, 5.41) is 8.99. The van der Waals surface area contributed by atoms with E-state index < -0.39 is 5.92 Å². The largest absolute Gasteiger partial charge is 0.465 e. The van der Waals surface area contributed by atoms with Crippen molar-refractivity contribution in [3.63, 3.8) is 0 Å². The van der Waals surface area contributed by atoms with Gasteiger partial charge >= 0.3 is 5.97 Å². The molecule has 3 nitrogen and oxygen atoms in total. The second kappa shape index (κ2) is 5.75. The van der Waals surface area contributed by atoms with E-state index in [0.717, 1.165) is 25.7 Å². The Morgan fingerprint density at radius 1 is 1.53 bits per heavy atom. The Hall–Kier alpha value is -1.04. The molecule has 0 aromatic rings. The van der Waals surface area contributed by atoms with E-state index in [-0.39, 0.29) is 11.9 Å². The fourth-order valence-corrected chi connectivity index (χ4v) is 2.37. The fraction of sp³-hybridized carbons (Fsp3) is 0.833. The molecule has 3 atom stereocenters. The minimum absolute atomic E-state index is 0.221. The maximum Gasteiger partial charge on any atom is 0.323 e. The quantitative estimate of drug-likeness (QED) is 0.668. The number of ether oxygens (including phenoxy) is 1. The third kappa shape index (κ3) is 2.95. The van der Waals surface area contributed by atoms with E-state index in [9.17, 15) is 4.79 Å². The van der Waals surface area contributed by atoms with Gasteiger partial charge in [-0.15, -0.1) is 0 Å². The molecule has 0 heterocycles. The number of nitriles is 1. The Morgan fingerprint density at radius 3 is 2.73 bits per heavy atom. The van der Waals surface area contributed by atoms with Crippen LogP contribution in [0.25, 0.3) is 0 Å².